The van der Waals surface area contributed by atoms with Crippen molar-refractivity contribution in [2.75, 3.05) is 13.2 Å². The van der Waals surface area contributed by atoms with Gasteiger partial charge in [0, 0.05) is 0 Å². The summed E-state index contributed by atoms with van der Waals surface area (Å²) in [5.41, 5.74) is 0.510. The number of hydrogen-bond acceptors (Lipinski definition) is 4. The summed E-state index contributed by atoms with van der Waals surface area (Å²) in [6.45, 7) is 8.29. The lowest BCUT2D eigenvalue weighted by molar-refractivity contribution is 0.0734. The highest BCUT2D eigenvalue weighted by Gasteiger charge is 2.21. The van der Waals surface area contributed by atoms with Gasteiger partial charge in [-0.15, -0.1) is 0 Å². The van der Waals surface area contributed by atoms with Crippen molar-refractivity contribution in [2.24, 2.45) is 17.8 Å². The lowest BCUT2D eigenvalue weighted by atomic mass is 9.80. The number of esters is 1. The normalized spacial score (nSPS) is 17.9. The molecule has 0 saturated heterocycles. The van der Waals surface area contributed by atoms with Crippen LogP contribution in [-0.2, 0) is 0 Å². The van der Waals surface area contributed by atoms with E-state index in [1.165, 1.54) is 83.5 Å². The van der Waals surface area contributed by atoms with Gasteiger partial charge in [-0.2, -0.15) is 0 Å². The molecule has 2 aromatic rings. The summed E-state index contributed by atoms with van der Waals surface area (Å²) in [5, 5.41) is 0. The molecule has 3 rings (SSSR count). The summed E-state index contributed by atoms with van der Waals surface area (Å²) in [4.78, 5) is 12.6. The molecule has 0 aromatic heterocycles. The van der Waals surface area contributed by atoms with Gasteiger partial charge in [0.25, 0.3) is 0 Å². The average Bonchev–Trinajstić information content (AvgIpc) is 2.97. The summed E-state index contributed by atoms with van der Waals surface area (Å²) in [6.07, 6.45) is 18.3. The summed E-state index contributed by atoms with van der Waals surface area (Å²) in [5.74, 6) is 4.12. The average molecular weight is 537 g/mol. The first kappa shape index (κ1) is 31.0. The van der Waals surface area contributed by atoms with E-state index in [1.807, 2.05) is 24.3 Å². The van der Waals surface area contributed by atoms with E-state index in [-0.39, 0.29) is 5.97 Å². The van der Waals surface area contributed by atoms with Crippen LogP contribution in [-0.4, -0.2) is 19.2 Å². The number of carbonyl (C=O) groups is 1. The van der Waals surface area contributed by atoms with Crippen LogP contribution in [0.15, 0.2) is 48.5 Å². The minimum absolute atomic E-state index is 0.370. The molecule has 0 bridgehead atoms. The Morgan fingerprint density at radius 1 is 0.744 bits per heavy atom. The molecule has 0 aliphatic heterocycles. The first-order valence-corrected chi connectivity index (χ1v) is 15.7. The van der Waals surface area contributed by atoms with Crippen LogP contribution in [0.3, 0.4) is 0 Å². The van der Waals surface area contributed by atoms with Crippen molar-refractivity contribution < 1.29 is 19.0 Å². The molecule has 0 radical (unpaired) electrons. The third-order valence-electron chi connectivity index (χ3n) is 8.35. The van der Waals surface area contributed by atoms with Crippen LogP contribution in [0.4, 0.5) is 0 Å². The molecular formula is C35H52O4. The van der Waals surface area contributed by atoms with Crippen LogP contribution in [0.2, 0.25) is 0 Å². The van der Waals surface area contributed by atoms with Crippen molar-refractivity contribution in [3.63, 3.8) is 0 Å². The maximum atomic E-state index is 12.6. The van der Waals surface area contributed by atoms with Gasteiger partial charge in [-0.25, -0.2) is 4.79 Å². The van der Waals surface area contributed by atoms with E-state index < -0.39 is 0 Å². The Morgan fingerprint density at radius 2 is 1.36 bits per heavy atom. The van der Waals surface area contributed by atoms with Gasteiger partial charge < -0.3 is 14.2 Å². The number of carbonyl (C=O) groups excluding carboxylic acids is 1. The number of ether oxygens (including phenoxy) is 3. The molecule has 39 heavy (non-hydrogen) atoms. The van der Waals surface area contributed by atoms with Gasteiger partial charge in [0.1, 0.15) is 17.2 Å². The Balaban J connectivity index is 1.31. The van der Waals surface area contributed by atoms with Crippen LogP contribution in [0.25, 0.3) is 0 Å². The number of unbranched alkanes of at least 4 members (excludes halogenated alkanes) is 5. The van der Waals surface area contributed by atoms with E-state index >= 15 is 0 Å². The van der Waals surface area contributed by atoms with Crippen molar-refractivity contribution in [1.82, 2.24) is 0 Å². The Labute approximate surface area is 237 Å². The molecule has 0 spiro atoms. The number of rotatable bonds is 18. The Kier molecular flexibility index (Phi) is 14.3. The maximum Gasteiger partial charge on any atom is 0.343 e. The van der Waals surface area contributed by atoms with Crippen LogP contribution in [0.1, 0.15) is 121 Å². The second-order valence-electron chi connectivity index (χ2n) is 11.6. The van der Waals surface area contributed by atoms with Gasteiger partial charge in [0.15, 0.2) is 0 Å². The van der Waals surface area contributed by atoms with Crippen molar-refractivity contribution in [1.29, 1.82) is 0 Å². The molecule has 1 atom stereocenters. The molecule has 1 aliphatic carbocycles. The minimum atomic E-state index is -0.370. The second-order valence-corrected chi connectivity index (χ2v) is 11.6. The molecule has 0 N–H and O–H groups in total. The molecule has 4 heteroatoms. The molecule has 2 aromatic carbocycles. The quantitative estimate of drug-likeness (QED) is 0.108. The third-order valence-corrected chi connectivity index (χ3v) is 8.35. The highest BCUT2D eigenvalue weighted by atomic mass is 16.5. The van der Waals surface area contributed by atoms with Crippen molar-refractivity contribution in [3.05, 3.63) is 54.1 Å². The van der Waals surface area contributed by atoms with Crippen LogP contribution < -0.4 is 14.2 Å². The van der Waals surface area contributed by atoms with Gasteiger partial charge in [-0.05, 0) is 92.0 Å². The van der Waals surface area contributed by atoms with Gasteiger partial charge in [-0.1, -0.05) is 85.0 Å². The summed E-state index contributed by atoms with van der Waals surface area (Å²) in [6, 6.07) is 14.6. The van der Waals surface area contributed by atoms with Gasteiger partial charge in [-0.3, -0.25) is 0 Å². The predicted molar refractivity (Wildman–Crippen MR) is 161 cm³/mol. The predicted octanol–water partition coefficient (Wildman–Crippen LogP) is 10.0. The second kappa shape index (κ2) is 18.0. The zero-order chi connectivity index (χ0) is 27.7. The van der Waals surface area contributed by atoms with Crippen LogP contribution in [0.5, 0.6) is 17.2 Å². The SMILES string of the molecule is CCCCCCCC1CCC(COc2ccc(OC(=O)c3ccc(OCCCC[C@@H](C)CC)cc3)cc2)CC1. The molecule has 0 heterocycles. The smallest absolute Gasteiger partial charge is 0.343 e. The number of benzene rings is 2. The number of hydrogen-bond donors (Lipinski definition) is 0. The van der Waals surface area contributed by atoms with Crippen LogP contribution in [0, 0.1) is 17.8 Å². The molecular weight excluding hydrogens is 484 g/mol. The Hall–Kier alpha value is -2.49. The first-order chi connectivity index (χ1) is 19.1. The van der Waals surface area contributed by atoms with Crippen LogP contribution >= 0.6 is 0 Å². The van der Waals surface area contributed by atoms with Crippen molar-refractivity contribution >= 4 is 5.97 Å². The van der Waals surface area contributed by atoms with Crippen molar-refractivity contribution in [2.45, 2.75) is 111 Å². The fourth-order valence-electron chi connectivity index (χ4n) is 5.38. The zero-order valence-electron chi connectivity index (χ0n) is 24.8. The van der Waals surface area contributed by atoms with E-state index in [0.717, 1.165) is 36.4 Å². The summed E-state index contributed by atoms with van der Waals surface area (Å²) >= 11 is 0. The van der Waals surface area contributed by atoms with E-state index in [1.54, 1.807) is 24.3 Å². The van der Waals surface area contributed by atoms with E-state index in [0.29, 0.717) is 23.8 Å². The molecule has 1 fully saturated rings. The Bertz CT molecular complexity index is 913. The van der Waals surface area contributed by atoms with E-state index in [4.69, 9.17) is 14.2 Å². The molecule has 0 amide bonds. The molecule has 0 unspecified atom stereocenters. The lowest BCUT2D eigenvalue weighted by Crippen LogP contribution is -2.20. The fraction of sp³-hybridized carbons (Fsp3) is 0.629. The summed E-state index contributed by atoms with van der Waals surface area (Å²) in [7, 11) is 0. The van der Waals surface area contributed by atoms with Gasteiger partial charge in [0.2, 0.25) is 0 Å². The standard InChI is InChI=1S/C35H52O4/c1-4-6-7-8-9-13-29-14-16-30(17-15-29)27-38-33-22-24-34(25-23-33)39-35(36)31-18-20-32(21-19-31)37-26-11-10-12-28(3)5-2/h18-25,28-30H,4-17,26-27H2,1-3H3/t28-,29?,30?/m0/s1. The van der Waals surface area contributed by atoms with Gasteiger partial charge in [0.05, 0.1) is 18.8 Å². The highest BCUT2D eigenvalue weighted by molar-refractivity contribution is 5.91. The first-order valence-electron chi connectivity index (χ1n) is 15.7. The van der Waals surface area contributed by atoms with Crippen molar-refractivity contribution in [3.8, 4) is 17.2 Å². The Morgan fingerprint density at radius 3 is 2.05 bits per heavy atom. The van der Waals surface area contributed by atoms with E-state index in [2.05, 4.69) is 20.8 Å². The largest absolute Gasteiger partial charge is 0.494 e. The topological polar surface area (TPSA) is 44.8 Å². The minimum Gasteiger partial charge on any atom is -0.494 e. The molecule has 1 aliphatic rings. The molecule has 1 saturated carbocycles. The third kappa shape index (κ3) is 12.1. The highest BCUT2D eigenvalue weighted by Crippen LogP contribution is 2.32. The maximum absolute atomic E-state index is 12.6. The molecule has 4 nitrogen and oxygen atoms in total. The van der Waals surface area contributed by atoms with E-state index in [9.17, 15) is 4.79 Å². The monoisotopic (exact) mass is 536 g/mol. The zero-order valence-corrected chi connectivity index (χ0v) is 24.8. The molecule has 216 valence electrons. The van der Waals surface area contributed by atoms with Gasteiger partial charge >= 0.3 is 5.97 Å². The lowest BCUT2D eigenvalue weighted by Gasteiger charge is -2.28. The fourth-order valence-corrected chi connectivity index (χ4v) is 5.38. The summed E-state index contributed by atoms with van der Waals surface area (Å²) < 4.78 is 17.5.